The number of hydrogen-bond acceptors (Lipinski definition) is 5. The zero-order valence-corrected chi connectivity index (χ0v) is 8.47. The third-order valence-electron chi connectivity index (χ3n) is 2.03. The Morgan fingerprint density at radius 1 is 1.69 bits per heavy atom. The fraction of sp³-hybridized carbons (Fsp3) is 0.250. The Morgan fingerprint density at radius 2 is 2.44 bits per heavy atom. The first-order chi connectivity index (χ1) is 7.59. The zero-order chi connectivity index (χ0) is 11.7. The van der Waals surface area contributed by atoms with Gasteiger partial charge in [0.1, 0.15) is 11.8 Å². The number of aromatic nitrogens is 4. The van der Waals surface area contributed by atoms with Gasteiger partial charge < -0.3 is 15.6 Å². The molecule has 16 heavy (non-hydrogen) atoms. The van der Waals surface area contributed by atoms with Crippen molar-refractivity contribution in [2.75, 3.05) is 0 Å². The van der Waals surface area contributed by atoms with E-state index in [9.17, 15) is 4.79 Å². The minimum absolute atomic E-state index is 0.0547. The summed E-state index contributed by atoms with van der Waals surface area (Å²) in [5.41, 5.74) is 5.94. The fourth-order valence-corrected chi connectivity index (χ4v) is 1.16. The minimum atomic E-state index is -0.803. The number of hydrogen-bond donors (Lipinski definition) is 3. The highest BCUT2D eigenvalue weighted by Crippen LogP contribution is 2.01. The molecule has 0 spiro atoms. The Bertz CT molecular complexity index is 585. The molecule has 2 heterocycles. The van der Waals surface area contributed by atoms with Gasteiger partial charge in [-0.25, -0.2) is 9.97 Å². The van der Waals surface area contributed by atoms with Gasteiger partial charge in [0.2, 0.25) is 0 Å². The van der Waals surface area contributed by atoms with Gasteiger partial charge in [-0.15, -0.1) is 0 Å². The molecular weight excluding hydrogens is 212 g/mol. The molecule has 84 valence electrons. The predicted molar refractivity (Wildman–Crippen MR) is 53.0 cm³/mol. The van der Waals surface area contributed by atoms with Crippen molar-refractivity contribution in [2.45, 2.75) is 13.0 Å². The molecule has 1 amide bonds. The van der Waals surface area contributed by atoms with Crippen LogP contribution in [-0.4, -0.2) is 31.7 Å². The van der Waals surface area contributed by atoms with E-state index in [0.29, 0.717) is 11.2 Å². The first-order valence-electron chi connectivity index (χ1n) is 4.51. The van der Waals surface area contributed by atoms with E-state index in [1.807, 2.05) is 0 Å². The van der Waals surface area contributed by atoms with E-state index in [1.54, 1.807) is 0 Å². The number of carbonyl (C=O) groups excluding carboxylic acids is 1. The van der Waals surface area contributed by atoms with Crippen LogP contribution in [0.5, 0.6) is 0 Å². The molecule has 0 fully saturated rings. The number of imidazole rings is 1. The average molecular weight is 222 g/mol. The van der Waals surface area contributed by atoms with Gasteiger partial charge in [0.15, 0.2) is 17.2 Å². The minimum Gasteiger partial charge on any atom is -0.398 e. The lowest BCUT2D eigenvalue weighted by Crippen LogP contribution is -2.36. The van der Waals surface area contributed by atoms with Crippen LogP contribution in [0.4, 0.5) is 0 Å². The van der Waals surface area contributed by atoms with Crippen LogP contribution in [0, 0.1) is 5.41 Å². The number of H-pyrrole nitrogens is 1. The maximum absolute atomic E-state index is 10.8. The maximum atomic E-state index is 10.8. The molecule has 0 aliphatic rings. The van der Waals surface area contributed by atoms with Crippen molar-refractivity contribution in [3.05, 3.63) is 18.1 Å². The third kappa shape index (κ3) is 1.60. The molecule has 2 rings (SSSR count). The number of amides is 1. The number of nitrogens with two attached hydrogens (primary N) is 1. The molecule has 1 unspecified atom stereocenters. The second kappa shape index (κ2) is 3.65. The summed E-state index contributed by atoms with van der Waals surface area (Å²) in [6.45, 7) is 1.52. The van der Waals surface area contributed by atoms with Gasteiger partial charge in [-0.3, -0.25) is 10.2 Å². The van der Waals surface area contributed by atoms with Crippen LogP contribution in [0.3, 0.4) is 0 Å². The molecule has 0 aliphatic carbocycles. The van der Waals surface area contributed by atoms with E-state index in [4.69, 9.17) is 16.0 Å². The summed E-state index contributed by atoms with van der Waals surface area (Å²) < 4.78 is 1.21. The van der Waals surface area contributed by atoms with E-state index in [1.165, 1.54) is 24.3 Å². The molecule has 0 aromatic carbocycles. The largest absolute Gasteiger partial charge is 0.398 e. The van der Waals surface area contributed by atoms with Crippen molar-refractivity contribution in [3.63, 3.8) is 0 Å². The summed E-state index contributed by atoms with van der Waals surface area (Å²) in [6.07, 6.45) is 1.88. The van der Waals surface area contributed by atoms with E-state index in [-0.39, 0.29) is 5.49 Å². The van der Waals surface area contributed by atoms with Gasteiger partial charge >= 0.3 is 0 Å². The summed E-state index contributed by atoms with van der Waals surface area (Å²) in [5.74, 6) is -0.592. The average Bonchev–Trinajstić information content (AvgIpc) is 2.71. The van der Waals surface area contributed by atoms with Gasteiger partial charge in [-0.2, -0.15) is 4.73 Å². The van der Waals surface area contributed by atoms with Crippen LogP contribution < -0.4 is 16.1 Å². The molecule has 0 saturated carbocycles. The molecule has 0 bridgehead atoms. The van der Waals surface area contributed by atoms with Crippen LogP contribution >= 0.6 is 0 Å². The lowest BCUT2D eigenvalue weighted by molar-refractivity contribution is -0.128. The van der Waals surface area contributed by atoms with Crippen molar-refractivity contribution < 1.29 is 9.63 Å². The smallest absolute Gasteiger partial charge is 0.260 e. The van der Waals surface area contributed by atoms with Crippen molar-refractivity contribution in [3.8, 4) is 0 Å². The molecule has 4 N–H and O–H groups in total. The summed E-state index contributed by atoms with van der Waals surface area (Å²) >= 11 is 0. The lowest BCUT2D eigenvalue weighted by Gasteiger charge is -2.12. The second-order valence-corrected chi connectivity index (χ2v) is 3.17. The van der Waals surface area contributed by atoms with Gasteiger partial charge in [-0.05, 0) is 6.92 Å². The Morgan fingerprint density at radius 3 is 3.12 bits per heavy atom. The number of aromatic amines is 1. The van der Waals surface area contributed by atoms with Crippen LogP contribution in [0.25, 0.3) is 11.2 Å². The third-order valence-corrected chi connectivity index (χ3v) is 2.03. The normalized spacial score (nSPS) is 12.6. The molecule has 0 aliphatic heterocycles. The Balaban J connectivity index is 2.46. The van der Waals surface area contributed by atoms with Crippen molar-refractivity contribution in [1.82, 2.24) is 19.7 Å². The molecule has 1 atom stereocenters. The summed E-state index contributed by atoms with van der Waals surface area (Å²) in [6, 6.07) is 0. The van der Waals surface area contributed by atoms with Gasteiger partial charge in [-0.1, -0.05) is 0 Å². The SMILES string of the molecule is CC(On1cnc(=N)c2[nH]cnc21)C(N)=O. The number of primary amides is 1. The highest BCUT2D eigenvalue weighted by Gasteiger charge is 2.13. The quantitative estimate of drug-likeness (QED) is 0.587. The molecule has 2 aromatic rings. The summed E-state index contributed by atoms with van der Waals surface area (Å²) in [7, 11) is 0. The predicted octanol–water partition coefficient (Wildman–Crippen LogP) is -1.46. The first kappa shape index (κ1) is 10.1. The van der Waals surface area contributed by atoms with Gasteiger partial charge in [0, 0.05) is 0 Å². The lowest BCUT2D eigenvalue weighted by atomic mass is 10.4. The molecule has 0 radical (unpaired) electrons. The van der Waals surface area contributed by atoms with Crippen LogP contribution in [0.15, 0.2) is 12.7 Å². The molecule has 8 nitrogen and oxygen atoms in total. The van der Waals surface area contributed by atoms with Crippen LogP contribution in [-0.2, 0) is 4.79 Å². The molecule has 0 saturated heterocycles. The zero-order valence-electron chi connectivity index (χ0n) is 8.47. The Labute approximate surface area is 89.5 Å². The number of carbonyl (C=O) groups is 1. The van der Waals surface area contributed by atoms with E-state index in [0.717, 1.165) is 0 Å². The monoisotopic (exact) mass is 222 g/mol. The number of nitrogens with zero attached hydrogens (tertiary/aromatic N) is 3. The second-order valence-electron chi connectivity index (χ2n) is 3.17. The van der Waals surface area contributed by atoms with Crippen LogP contribution in [0.1, 0.15) is 6.92 Å². The standard InChI is InChI=1S/C8H10N6O2/c1-4(7(10)15)16-14-3-13-6(9)5-8(14)12-2-11-5/h2-4,9H,1H3,(H2,10,15)(H,11,12). The number of nitrogens with one attached hydrogen (secondary N) is 2. The summed E-state index contributed by atoms with van der Waals surface area (Å²) in [4.78, 5) is 26.5. The Kier molecular flexibility index (Phi) is 2.31. The summed E-state index contributed by atoms with van der Waals surface area (Å²) in [5, 5.41) is 7.50. The van der Waals surface area contributed by atoms with E-state index < -0.39 is 12.0 Å². The Hall–Kier alpha value is -2.38. The van der Waals surface area contributed by atoms with Crippen molar-refractivity contribution >= 4 is 17.1 Å². The highest BCUT2D eigenvalue weighted by molar-refractivity contribution is 5.78. The number of rotatable bonds is 3. The molecule has 8 heteroatoms. The first-order valence-corrected chi connectivity index (χ1v) is 4.51. The van der Waals surface area contributed by atoms with Crippen LogP contribution in [0.2, 0.25) is 0 Å². The van der Waals surface area contributed by atoms with Crippen molar-refractivity contribution in [1.29, 1.82) is 5.41 Å². The highest BCUT2D eigenvalue weighted by atomic mass is 16.7. The number of fused-ring (bicyclic) bond motifs is 1. The van der Waals surface area contributed by atoms with E-state index in [2.05, 4.69) is 15.0 Å². The van der Waals surface area contributed by atoms with Gasteiger partial charge in [0.25, 0.3) is 5.91 Å². The maximum Gasteiger partial charge on any atom is 0.260 e. The van der Waals surface area contributed by atoms with E-state index >= 15 is 0 Å². The fourth-order valence-electron chi connectivity index (χ4n) is 1.16. The van der Waals surface area contributed by atoms with Gasteiger partial charge in [0.05, 0.1) is 6.33 Å². The molecular formula is C8H10N6O2. The topological polar surface area (TPSA) is 123 Å². The van der Waals surface area contributed by atoms with Crippen molar-refractivity contribution in [2.24, 2.45) is 5.73 Å². The molecule has 2 aromatic heterocycles.